The Balaban J connectivity index is 0.778. The molecule has 0 spiro atoms. The second-order valence-corrected chi connectivity index (χ2v) is 16.7. The first-order valence-electron chi connectivity index (χ1n) is 21.0. The van der Waals surface area contributed by atoms with Crippen LogP contribution in [0.25, 0.3) is 0 Å². The number of hydrogen-bond acceptors (Lipinski definition) is 12. The van der Waals surface area contributed by atoms with Crippen LogP contribution < -0.4 is 21.3 Å². The Morgan fingerprint density at radius 3 is 2.55 bits per heavy atom. The fraction of sp³-hybridized carbons (Fsp3) is 0.455. The molecule has 5 N–H and O–H groups in total. The van der Waals surface area contributed by atoms with E-state index in [1.807, 2.05) is 36.1 Å². The van der Waals surface area contributed by atoms with E-state index in [4.69, 9.17) is 9.47 Å². The molecule has 1 saturated heterocycles. The first-order chi connectivity index (χ1) is 29.9. The van der Waals surface area contributed by atoms with Crippen molar-refractivity contribution < 1.29 is 38.2 Å². The normalized spacial score (nSPS) is 17.4. The molecule has 3 aliphatic rings. The van der Waals surface area contributed by atoms with Crippen LogP contribution in [0.4, 0.5) is 11.4 Å². The van der Waals surface area contributed by atoms with Crippen molar-refractivity contribution in [3.8, 4) is 0 Å². The van der Waals surface area contributed by atoms with Crippen molar-refractivity contribution in [1.82, 2.24) is 40.4 Å². The van der Waals surface area contributed by atoms with Crippen LogP contribution in [0.3, 0.4) is 0 Å². The standard InChI is InChI=1S/C44H54N10O8/c1-44(2)16-14-30-33(24-44)50-51-39(30)41(58)48-29-25-47-53(27-29)34(28-8-5-4-6-9-28)15-18-52(3)19-21-62-23-22-61-20-17-45-37(56)26-46-32-11-7-10-31-38(32)43(60)54(42(31)59)35-12-13-36(55)49-40(35)57/h4-11,25,27,34-35,46H,12-24,26H2,1-3H3,(H,45,56)(H,48,58)(H,50,51)(H,49,55,57). The van der Waals surface area contributed by atoms with Gasteiger partial charge in [-0.15, -0.1) is 0 Å². The zero-order valence-corrected chi connectivity index (χ0v) is 35.3. The number of H-pyrrole nitrogens is 1. The fourth-order valence-electron chi connectivity index (χ4n) is 8.08. The van der Waals surface area contributed by atoms with Crippen LogP contribution in [0.15, 0.2) is 60.9 Å². The van der Waals surface area contributed by atoms with E-state index in [1.165, 1.54) is 6.07 Å². The Labute approximate surface area is 359 Å². The van der Waals surface area contributed by atoms with E-state index < -0.39 is 29.7 Å². The van der Waals surface area contributed by atoms with Gasteiger partial charge in [0.15, 0.2) is 5.69 Å². The molecule has 1 aliphatic carbocycles. The Kier molecular flexibility index (Phi) is 13.9. The molecular formula is C44H54N10O8. The molecule has 7 rings (SSSR count). The number of nitrogens with one attached hydrogen (secondary N) is 5. The number of likely N-dealkylation sites (N-methyl/N-ethyl adjacent to an activating group) is 1. The van der Waals surface area contributed by atoms with Gasteiger partial charge in [0.2, 0.25) is 17.7 Å². The summed E-state index contributed by atoms with van der Waals surface area (Å²) >= 11 is 0. The lowest BCUT2D eigenvalue weighted by Gasteiger charge is -2.28. The van der Waals surface area contributed by atoms with E-state index in [1.54, 1.807) is 18.3 Å². The third-order valence-corrected chi connectivity index (χ3v) is 11.5. The van der Waals surface area contributed by atoms with Crippen molar-refractivity contribution in [2.75, 3.05) is 70.3 Å². The minimum Gasteiger partial charge on any atom is -0.378 e. The van der Waals surface area contributed by atoms with Crippen LogP contribution >= 0.6 is 0 Å². The molecule has 18 nitrogen and oxygen atoms in total. The number of carbonyl (C=O) groups excluding carboxylic acids is 6. The summed E-state index contributed by atoms with van der Waals surface area (Å²) in [5.74, 6) is -2.99. The number of hydrogen-bond donors (Lipinski definition) is 5. The molecule has 328 valence electrons. The molecule has 2 aromatic heterocycles. The van der Waals surface area contributed by atoms with E-state index in [2.05, 4.69) is 67.4 Å². The molecule has 2 aromatic carbocycles. The summed E-state index contributed by atoms with van der Waals surface area (Å²) in [5.41, 5.74) is 4.90. The third kappa shape index (κ3) is 10.4. The molecule has 62 heavy (non-hydrogen) atoms. The quantitative estimate of drug-likeness (QED) is 0.0640. The van der Waals surface area contributed by atoms with E-state index in [9.17, 15) is 28.8 Å². The number of benzene rings is 2. The number of amides is 6. The lowest BCUT2D eigenvalue weighted by Crippen LogP contribution is -2.54. The van der Waals surface area contributed by atoms with Crippen molar-refractivity contribution in [2.45, 2.75) is 64.5 Å². The first kappa shape index (κ1) is 43.8. The van der Waals surface area contributed by atoms with Crippen LogP contribution in [-0.2, 0) is 36.7 Å². The maximum absolute atomic E-state index is 13.3. The van der Waals surface area contributed by atoms with Gasteiger partial charge >= 0.3 is 0 Å². The molecule has 4 aromatic rings. The molecule has 18 heteroatoms. The van der Waals surface area contributed by atoms with Gasteiger partial charge in [-0.3, -0.25) is 48.8 Å². The second-order valence-electron chi connectivity index (χ2n) is 16.7. The minimum atomic E-state index is -1.08. The predicted molar refractivity (Wildman–Crippen MR) is 228 cm³/mol. The molecule has 2 aliphatic heterocycles. The second kappa shape index (κ2) is 19.6. The Morgan fingerprint density at radius 1 is 0.968 bits per heavy atom. The van der Waals surface area contributed by atoms with E-state index in [-0.39, 0.29) is 66.9 Å². The zero-order valence-electron chi connectivity index (χ0n) is 35.3. The average Bonchev–Trinajstić information content (AvgIpc) is 3.95. The summed E-state index contributed by atoms with van der Waals surface area (Å²) in [4.78, 5) is 79.2. The van der Waals surface area contributed by atoms with Gasteiger partial charge in [-0.2, -0.15) is 10.2 Å². The van der Waals surface area contributed by atoms with Crippen molar-refractivity contribution in [2.24, 2.45) is 5.41 Å². The van der Waals surface area contributed by atoms with Gasteiger partial charge in [-0.1, -0.05) is 50.2 Å². The smallest absolute Gasteiger partial charge is 0.276 e. The summed E-state index contributed by atoms with van der Waals surface area (Å²) in [6.45, 7) is 7.55. The van der Waals surface area contributed by atoms with Crippen molar-refractivity contribution in [3.05, 3.63) is 94.6 Å². The summed E-state index contributed by atoms with van der Waals surface area (Å²) in [6.07, 6.45) is 7.09. The number of piperidine rings is 1. The third-order valence-electron chi connectivity index (χ3n) is 11.5. The molecule has 1 fully saturated rings. The molecule has 0 saturated carbocycles. The molecule has 2 atom stereocenters. The molecule has 2 unspecified atom stereocenters. The summed E-state index contributed by atoms with van der Waals surface area (Å²) in [6, 6.07) is 13.7. The maximum Gasteiger partial charge on any atom is 0.276 e. The number of ether oxygens (including phenoxy) is 2. The Morgan fingerprint density at radius 2 is 1.76 bits per heavy atom. The van der Waals surface area contributed by atoms with Crippen molar-refractivity contribution in [3.63, 3.8) is 0 Å². The summed E-state index contributed by atoms with van der Waals surface area (Å²) < 4.78 is 13.3. The number of imide groups is 2. The number of carbonyl (C=O) groups is 6. The van der Waals surface area contributed by atoms with Crippen molar-refractivity contribution in [1.29, 1.82) is 0 Å². The van der Waals surface area contributed by atoms with Crippen LogP contribution in [0.5, 0.6) is 0 Å². The zero-order chi connectivity index (χ0) is 43.8. The number of fused-ring (bicyclic) bond motifs is 2. The number of rotatable bonds is 20. The lowest BCUT2D eigenvalue weighted by atomic mass is 9.76. The predicted octanol–water partition coefficient (Wildman–Crippen LogP) is 2.95. The Bertz CT molecular complexity index is 2290. The van der Waals surface area contributed by atoms with Crippen LogP contribution in [0.1, 0.15) is 93.6 Å². The number of nitrogens with zero attached hydrogens (tertiary/aromatic N) is 5. The van der Waals surface area contributed by atoms with Gasteiger partial charge in [0.05, 0.1) is 62.0 Å². The fourth-order valence-corrected chi connectivity index (χ4v) is 8.08. The highest BCUT2D eigenvalue weighted by Crippen LogP contribution is 2.35. The van der Waals surface area contributed by atoms with Gasteiger partial charge < -0.3 is 30.3 Å². The van der Waals surface area contributed by atoms with Gasteiger partial charge in [0, 0.05) is 49.2 Å². The highest BCUT2D eigenvalue weighted by molar-refractivity contribution is 6.25. The number of aromatic nitrogens is 4. The van der Waals surface area contributed by atoms with E-state index >= 15 is 0 Å². The van der Waals surface area contributed by atoms with Crippen LogP contribution in [0.2, 0.25) is 0 Å². The number of anilines is 2. The largest absolute Gasteiger partial charge is 0.378 e. The minimum absolute atomic E-state index is 0.0242. The first-order valence-corrected chi connectivity index (χ1v) is 21.0. The number of aromatic amines is 1. The average molecular weight is 851 g/mol. The monoisotopic (exact) mass is 850 g/mol. The highest BCUT2D eigenvalue weighted by Gasteiger charge is 2.45. The molecular weight excluding hydrogens is 797 g/mol. The topological polar surface area (TPSA) is 222 Å². The van der Waals surface area contributed by atoms with Gasteiger partial charge in [0.1, 0.15) is 6.04 Å². The highest BCUT2D eigenvalue weighted by atomic mass is 16.5. The molecule has 0 radical (unpaired) electrons. The lowest BCUT2D eigenvalue weighted by molar-refractivity contribution is -0.136. The van der Waals surface area contributed by atoms with Crippen LogP contribution in [0, 0.1) is 5.41 Å². The van der Waals surface area contributed by atoms with Crippen LogP contribution in [-0.4, -0.2) is 131 Å². The Hall–Kier alpha value is -6.24. The van der Waals surface area contributed by atoms with Crippen molar-refractivity contribution >= 4 is 46.8 Å². The van der Waals surface area contributed by atoms with Gasteiger partial charge in [-0.05, 0) is 62.3 Å². The summed E-state index contributed by atoms with van der Waals surface area (Å²) in [5, 5.41) is 23.0. The molecule has 4 heterocycles. The SMILES string of the molecule is CN(CCOCCOCCNC(=O)CNc1cccc2c1C(=O)N(C1CCC(=O)NC1=O)C2=O)CCC(c1ccccc1)n1cc(NC(=O)c2n[nH]c3c2CCC(C)(C)C3)cn1. The van der Waals surface area contributed by atoms with E-state index in [0.717, 1.165) is 53.9 Å². The molecule has 0 bridgehead atoms. The van der Waals surface area contributed by atoms with Gasteiger partial charge in [-0.25, -0.2) is 0 Å². The molecule has 6 amide bonds. The van der Waals surface area contributed by atoms with Gasteiger partial charge in [0.25, 0.3) is 17.7 Å². The maximum atomic E-state index is 13.3. The van der Waals surface area contributed by atoms with E-state index in [0.29, 0.717) is 43.4 Å². The summed E-state index contributed by atoms with van der Waals surface area (Å²) in [7, 11) is 2.04.